The average Bonchev–Trinajstić information content (AvgIpc) is 2.97. The van der Waals surface area contributed by atoms with E-state index in [1.54, 1.807) is 26.1 Å². The maximum Gasteiger partial charge on any atom is 0.264 e. The molecule has 2 amide bonds. The molecule has 0 N–H and O–H groups in total. The SMILES string of the molecule is CC1(C)C(=O)N(c2ccc(I)cn2)C(=O)C1O[Si](c1ccccc1)(c1ccccc1)C(C)(C)C. The first-order valence-corrected chi connectivity index (χ1v) is 14.3. The van der Waals surface area contributed by atoms with E-state index in [1.807, 2.05) is 42.5 Å². The van der Waals surface area contributed by atoms with Crippen molar-refractivity contribution in [2.45, 2.75) is 45.8 Å². The van der Waals surface area contributed by atoms with Crippen molar-refractivity contribution < 1.29 is 14.0 Å². The summed E-state index contributed by atoms with van der Waals surface area (Å²) in [6, 6.07) is 23.8. The van der Waals surface area contributed by atoms with E-state index in [2.05, 4.69) is 72.6 Å². The fourth-order valence-electron chi connectivity index (χ4n) is 4.71. The standard InChI is InChI=1S/C27H29IN2O3Si/c1-26(2,3)34(20-12-8-6-9-13-20,21-14-10-7-11-15-21)33-23-24(31)30(25(32)27(23,4)5)22-17-16-19(28)18-29-22/h6-18,23H,1-5H3. The van der Waals surface area contributed by atoms with E-state index in [4.69, 9.17) is 4.43 Å². The highest BCUT2D eigenvalue weighted by atomic mass is 127. The summed E-state index contributed by atoms with van der Waals surface area (Å²) in [6.45, 7) is 10.1. The highest BCUT2D eigenvalue weighted by molar-refractivity contribution is 14.1. The number of hydrogen-bond acceptors (Lipinski definition) is 4. The third-order valence-corrected chi connectivity index (χ3v) is 12.1. The number of imide groups is 1. The summed E-state index contributed by atoms with van der Waals surface area (Å²) < 4.78 is 8.04. The Balaban J connectivity index is 1.88. The van der Waals surface area contributed by atoms with Crippen LogP contribution >= 0.6 is 22.6 Å². The first kappa shape index (κ1) is 24.8. The Morgan fingerprint density at radius 1 is 0.912 bits per heavy atom. The molecule has 3 aromatic rings. The highest BCUT2D eigenvalue weighted by Crippen LogP contribution is 2.43. The van der Waals surface area contributed by atoms with Crippen LogP contribution in [-0.2, 0) is 14.0 Å². The molecular weight excluding hydrogens is 555 g/mol. The molecule has 2 heterocycles. The lowest BCUT2D eigenvalue weighted by atomic mass is 9.89. The first-order chi connectivity index (χ1) is 16.0. The van der Waals surface area contributed by atoms with Gasteiger partial charge in [0.15, 0.2) is 0 Å². The number of rotatable bonds is 5. The van der Waals surface area contributed by atoms with Crippen LogP contribution in [0.5, 0.6) is 0 Å². The van der Waals surface area contributed by atoms with Crippen LogP contribution in [0.2, 0.25) is 5.04 Å². The Morgan fingerprint density at radius 2 is 1.44 bits per heavy atom. The lowest BCUT2D eigenvalue weighted by Gasteiger charge is -2.45. The van der Waals surface area contributed by atoms with Crippen LogP contribution < -0.4 is 15.3 Å². The van der Waals surface area contributed by atoms with Gasteiger partial charge in [0.2, 0.25) is 5.91 Å². The second-order valence-electron chi connectivity index (χ2n) is 10.2. The first-order valence-electron chi connectivity index (χ1n) is 11.3. The van der Waals surface area contributed by atoms with Gasteiger partial charge < -0.3 is 4.43 Å². The summed E-state index contributed by atoms with van der Waals surface area (Å²) in [6.07, 6.45) is 0.715. The monoisotopic (exact) mass is 584 g/mol. The molecule has 1 aromatic heterocycles. The van der Waals surface area contributed by atoms with Gasteiger partial charge in [0.05, 0.1) is 5.41 Å². The third kappa shape index (κ3) is 4.03. The van der Waals surface area contributed by atoms with Crippen LogP contribution in [0.15, 0.2) is 79.0 Å². The second-order valence-corrected chi connectivity index (χ2v) is 15.7. The Bertz CT molecular complexity index is 1150. The number of aromatic nitrogens is 1. The molecule has 7 heteroatoms. The minimum atomic E-state index is -3.04. The van der Waals surface area contributed by atoms with Crippen molar-refractivity contribution in [2.24, 2.45) is 5.41 Å². The van der Waals surface area contributed by atoms with Crippen LogP contribution in [0.4, 0.5) is 5.82 Å². The number of pyridine rings is 1. The van der Waals surface area contributed by atoms with Crippen LogP contribution in [0.25, 0.3) is 0 Å². The molecule has 0 bridgehead atoms. The Morgan fingerprint density at radius 3 is 1.88 bits per heavy atom. The van der Waals surface area contributed by atoms with Gasteiger partial charge in [-0.2, -0.15) is 0 Å². The van der Waals surface area contributed by atoms with E-state index < -0.39 is 19.8 Å². The van der Waals surface area contributed by atoms with Crippen LogP contribution in [0.3, 0.4) is 0 Å². The number of benzene rings is 2. The second kappa shape index (κ2) is 9.01. The summed E-state index contributed by atoms with van der Waals surface area (Å²) in [5, 5.41) is 1.81. The number of nitrogens with zero attached hydrogens (tertiary/aromatic N) is 2. The van der Waals surface area contributed by atoms with Gasteiger partial charge in [-0.25, -0.2) is 9.88 Å². The molecule has 34 heavy (non-hydrogen) atoms. The average molecular weight is 585 g/mol. The third-order valence-electron chi connectivity index (χ3n) is 6.51. The molecule has 176 valence electrons. The van der Waals surface area contributed by atoms with Crippen molar-refractivity contribution in [3.8, 4) is 0 Å². The predicted molar refractivity (Wildman–Crippen MR) is 146 cm³/mol. The summed E-state index contributed by atoms with van der Waals surface area (Å²) in [5.74, 6) is -0.331. The van der Waals surface area contributed by atoms with Crippen molar-refractivity contribution in [1.29, 1.82) is 0 Å². The molecule has 2 aromatic carbocycles. The van der Waals surface area contributed by atoms with Crippen LogP contribution in [0.1, 0.15) is 34.6 Å². The Labute approximate surface area is 215 Å². The maximum absolute atomic E-state index is 13.8. The van der Waals surface area contributed by atoms with Crippen molar-refractivity contribution in [3.05, 3.63) is 82.6 Å². The zero-order valence-corrected chi connectivity index (χ0v) is 23.2. The molecule has 1 fully saturated rings. The summed E-state index contributed by atoms with van der Waals surface area (Å²) in [4.78, 5) is 32.9. The van der Waals surface area contributed by atoms with Crippen molar-refractivity contribution in [2.75, 3.05) is 4.90 Å². The molecule has 1 aliphatic rings. The smallest absolute Gasteiger partial charge is 0.264 e. The summed E-state index contributed by atoms with van der Waals surface area (Å²) >= 11 is 2.15. The molecule has 1 saturated heterocycles. The van der Waals surface area contributed by atoms with Gasteiger partial charge in [-0.1, -0.05) is 81.4 Å². The number of carbonyl (C=O) groups excluding carboxylic acids is 2. The van der Waals surface area contributed by atoms with Crippen LogP contribution in [0, 0.1) is 8.99 Å². The Hall–Kier alpha value is -2.36. The molecule has 1 atom stereocenters. The number of hydrogen-bond donors (Lipinski definition) is 0. The van der Waals surface area contributed by atoms with Crippen LogP contribution in [-0.4, -0.2) is 31.2 Å². The van der Waals surface area contributed by atoms with Crippen molar-refractivity contribution in [3.63, 3.8) is 0 Å². The zero-order valence-electron chi connectivity index (χ0n) is 20.1. The van der Waals surface area contributed by atoms with Crippen molar-refractivity contribution in [1.82, 2.24) is 4.98 Å². The fraction of sp³-hybridized carbons (Fsp3) is 0.296. The molecule has 1 unspecified atom stereocenters. The maximum atomic E-state index is 13.8. The lowest BCUT2D eigenvalue weighted by Crippen LogP contribution is -2.69. The normalized spacial score (nSPS) is 18.4. The van der Waals surface area contributed by atoms with Gasteiger partial charge in [-0.3, -0.25) is 9.59 Å². The lowest BCUT2D eigenvalue weighted by molar-refractivity contribution is -0.128. The van der Waals surface area contributed by atoms with E-state index in [0.29, 0.717) is 5.82 Å². The molecule has 0 saturated carbocycles. The van der Waals surface area contributed by atoms with Gasteiger partial charge in [0.1, 0.15) is 11.9 Å². The minimum Gasteiger partial charge on any atom is -0.394 e. The van der Waals surface area contributed by atoms with Gasteiger partial charge in [0.25, 0.3) is 14.2 Å². The van der Waals surface area contributed by atoms with E-state index in [0.717, 1.165) is 13.9 Å². The van der Waals surface area contributed by atoms with E-state index in [9.17, 15) is 9.59 Å². The molecule has 0 aliphatic carbocycles. The molecule has 0 spiro atoms. The fourth-order valence-corrected chi connectivity index (χ4v) is 9.79. The molecular formula is C27H29IN2O3Si. The Kier molecular flexibility index (Phi) is 6.56. The predicted octanol–water partition coefficient (Wildman–Crippen LogP) is 4.53. The zero-order chi connectivity index (χ0) is 24.7. The number of anilines is 1. The number of amides is 2. The minimum absolute atomic E-state index is 0.297. The van der Waals surface area contributed by atoms with Gasteiger partial charge in [0, 0.05) is 9.77 Å². The van der Waals surface area contributed by atoms with E-state index >= 15 is 0 Å². The van der Waals surface area contributed by atoms with Gasteiger partial charge >= 0.3 is 0 Å². The van der Waals surface area contributed by atoms with E-state index in [-0.39, 0.29) is 16.9 Å². The molecule has 0 radical (unpaired) electrons. The quantitative estimate of drug-likeness (QED) is 0.251. The largest absolute Gasteiger partial charge is 0.394 e. The summed E-state index contributed by atoms with van der Waals surface area (Å²) in [5.41, 5.74) is -1.05. The van der Waals surface area contributed by atoms with Gasteiger partial charge in [-0.05, 0) is 64.0 Å². The molecule has 4 rings (SSSR count). The van der Waals surface area contributed by atoms with E-state index in [1.165, 1.54) is 4.90 Å². The van der Waals surface area contributed by atoms with Gasteiger partial charge in [-0.15, -0.1) is 0 Å². The topological polar surface area (TPSA) is 59.5 Å². The molecule has 5 nitrogen and oxygen atoms in total. The highest BCUT2D eigenvalue weighted by Gasteiger charge is 2.61. The number of halogens is 1. The van der Waals surface area contributed by atoms with Crippen molar-refractivity contribution >= 4 is 58.9 Å². The summed E-state index contributed by atoms with van der Waals surface area (Å²) in [7, 11) is -3.04. The molecule has 1 aliphatic heterocycles. The number of carbonyl (C=O) groups is 2.